The first-order chi connectivity index (χ1) is 7.38. The van der Waals surface area contributed by atoms with Gasteiger partial charge in [-0.2, -0.15) is 0 Å². The lowest BCUT2D eigenvalue weighted by Gasteiger charge is -2.40. The van der Waals surface area contributed by atoms with Crippen LogP contribution in [0.2, 0.25) is 0 Å². The van der Waals surface area contributed by atoms with Gasteiger partial charge in [-0.05, 0) is 24.7 Å². The second-order valence-electron chi connectivity index (χ2n) is 5.68. The van der Waals surface area contributed by atoms with E-state index >= 15 is 0 Å². The average molecular weight is 228 g/mol. The zero-order valence-electron chi connectivity index (χ0n) is 10.6. The van der Waals surface area contributed by atoms with Gasteiger partial charge in [0.2, 0.25) is 5.91 Å². The van der Waals surface area contributed by atoms with E-state index in [0.717, 1.165) is 12.8 Å². The van der Waals surface area contributed by atoms with E-state index in [4.69, 9.17) is 10.8 Å². The minimum atomic E-state index is -0.486. The first-order valence-electron chi connectivity index (χ1n) is 6.05. The SMILES string of the molecule is CC(C)(C)C(N)C(=O)N(CCO)C1CCC1. The molecule has 0 radical (unpaired) electrons. The number of hydrogen-bond acceptors (Lipinski definition) is 3. The van der Waals surface area contributed by atoms with E-state index in [9.17, 15) is 4.79 Å². The summed E-state index contributed by atoms with van der Waals surface area (Å²) in [4.78, 5) is 14.0. The van der Waals surface area contributed by atoms with Gasteiger partial charge in [-0.15, -0.1) is 0 Å². The number of rotatable bonds is 4. The maximum Gasteiger partial charge on any atom is 0.240 e. The molecule has 4 nitrogen and oxygen atoms in total. The Morgan fingerprint density at radius 2 is 2.06 bits per heavy atom. The summed E-state index contributed by atoms with van der Waals surface area (Å²) >= 11 is 0. The standard InChI is InChI=1S/C12H24N2O2/c1-12(2,3)10(13)11(16)14(7-8-15)9-5-4-6-9/h9-10,15H,4-8,13H2,1-3H3. The summed E-state index contributed by atoms with van der Waals surface area (Å²) in [6, 6.07) is -0.187. The molecule has 4 heteroatoms. The zero-order valence-corrected chi connectivity index (χ0v) is 10.6. The molecule has 0 saturated heterocycles. The maximum absolute atomic E-state index is 12.2. The number of aliphatic hydroxyl groups excluding tert-OH is 1. The quantitative estimate of drug-likeness (QED) is 0.745. The zero-order chi connectivity index (χ0) is 12.3. The number of nitrogens with zero attached hydrogens (tertiary/aromatic N) is 1. The van der Waals surface area contributed by atoms with Crippen molar-refractivity contribution in [3.05, 3.63) is 0 Å². The summed E-state index contributed by atoms with van der Waals surface area (Å²) in [5.41, 5.74) is 5.74. The number of carbonyl (C=O) groups excluding carboxylic acids is 1. The van der Waals surface area contributed by atoms with Crippen LogP contribution in [-0.2, 0) is 4.79 Å². The Hall–Kier alpha value is -0.610. The van der Waals surface area contributed by atoms with Gasteiger partial charge in [0, 0.05) is 12.6 Å². The van der Waals surface area contributed by atoms with E-state index in [1.54, 1.807) is 4.90 Å². The van der Waals surface area contributed by atoms with Crippen LogP contribution < -0.4 is 5.73 Å². The number of aliphatic hydroxyl groups is 1. The summed E-state index contributed by atoms with van der Waals surface area (Å²) in [5.74, 6) is -0.0220. The lowest BCUT2D eigenvalue weighted by atomic mass is 9.84. The van der Waals surface area contributed by atoms with Gasteiger partial charge in [-0.1, -0.05) is 20.8 Å². The molecular formula is C12H24N2O2. The van der Waals surface area contributed by atoms with Crippen molar-refractivity contribution in [3.8, 4) is 0 Å². The second-order valence-corrected chi connectivity index (χ2v) is 5.68. The molecule has 0 aliphatic heterocycles. The van der Waals surface area contributed by atoms with Crippen molar-refractivity contribution < 1.29 is 9.90 Å². The fourth-order valence-electron chi connectivity index (χ4n) is 1.83. The fourth-order valence-corrected chi connectivity index (χ4v) is 1.83. The Labute approximate surface area is 97.8 Å². The smallest absolute Gasteiger partial charge is 0.240 e. The van der Waals surface area contributed by atoms with Crippen molar-refractivity contribution >= 4 is 5.91 Å². The topological polar surface area (TPSA) is 66.6 Å². The largest absolute Gasteiger partial charge is 0.395 e. The van der Waals surface area contributed by atoms with E-state index < -0.39 is 6.04 Å². The van der Waals surface area contributed by atoms with Gasteiger partial charge >= 0.3 is 0 Å². The highest BCUT2D eigenvalue weighted by molar-refractivity contribution is 5.82. The molecule has 16 heavy (non-hydrogen) atoms. The Bertz CT molecular complexity index is 244. The van der Waals surface area contributed by atoms with E-state index in [0.29, 0.717) is 12.6 Å². The molecule has 1 saturated carbocycles. The molecule has 1 aliphatic rings. The van der Waals surface area contributed by atoms with Crippen LogP contribution in [0.5, 0.6) is 0 Å². The lowest BCUT2D eigenvalue weighted by Crippen LogP contribution is -2.55. The van der Waals surface area contributed by atoms with Gasteiger partial charge in [-0.25, -0.2) is 0 Å². The molecule has 0 spiro atoms. The number of hydrogen-bond donors (Lipinski definition) is 2. The van der Waals surface area contributed by atoms with Gasteiger partial charge in [0.05, 0.1) is 12.6 Å². The van der Waals surface area contributed by atoms with Crippen molar-refractivity contribution in [2.24, 2.45) is 11.1 Å². The normalized spacial score (nSPS) is 19.1. The lowest BCUT2D eigenvalue weighted by molar-refractivity contribution is -0.139. The third-order valence-corrected chi connectivity index (χ3v) is 3.34. The Kier molecular flexibility index (Phi) is 4.33. The second kappa shape index (κ2) is 5.15. The minimum absolute atomic E-state index is 0.0130. The van der Waals surface area contributed by atoms with E-state index in [-0.39, 0.29) is 17.9 Å². The molecule has 1 aliphatic carbocycles. The molecule has 0 aromatic carbocycles. The molecule has 1 unspecified atom stereocenters. The van der Waals surface area contributed by atoms with Crippen LogP contribution in [0.15, 0.2) is 0 Å². The fraction of sp³-hybridized carbons (Fsp3) is 0.917. The van der Waals surface area contributed by atoms with Crippen molar-refractivity contribution in [1.29, 1.82) is 0 Å². The number of amides is 1. The minimum Gasteiger partial charge on any atom is -0.395 e. The van der Waals surface area contributed by atoms with Crippen molar-refractivity contribution in [1.82, 2.24) is 4.90 Å². The molecule has 94 valence electrons. The van der Waals surface area contributed by atoms with Gasteiger partial charge in [-0.3, -0.25) is 4.79 Å². The Morgan fingerprint density at radius 3 is 2.38 bits per heavy atom. The van der Waals surface area contributed by atoms with Crippen molar-refractivity contribution in [2.45, 2.75) is 52.1 Å². The summed E-state index contributed by atoms with van der Waals surface area (Å²) in [6.45, 7) is 6.32. The highest BCUT2D eigenvalue weighted by atomic mass is 16.3. The van der Waals surface area contributed by atoms with Crippen LogP contribution in [0.1, 0.15) is 40.0 Å². The molecule has 0 aromatic rings. The van der Waals surface area contributed by atoms with Gasteiger partial charge in [0.15, 0.2) is 0 Å². The monoisotopic (exact) mass is 228 g/mol. The van der Waals surface area contributed by atoms with E-state index in [1.807, 2.05) is 20.8 Å². The predicted octanol–water partition coefficient (Wildman–Crippen LogP) is 0.733. The summed E-state index contributed by atoms with van der Waals surface area (Å²) < 4.78 is 0. The molecule has 3 N–H and O–H groups in total. The van der Waals surface area contributed by atoms with Gasteiger partial charge < -0.3 is 15.7 Å². The molecular weight excluding hydrogens is 204 g/mol. The van der Waals surface area contributed by atoms with Crippen molar-refractivity contribution in [2.75, 3.05) is 13.2 Å². The van der Waals surface area contributed by atoms with Gasteiger partial charge in [0.25, 0.3) is 0 Å². The molecule has 0 bridgehead atoms. The highest BCUT2D eigenvalue weighted by Gasteiger charge is 2.35. The number of carbonyl (C=O) groups is 1. The van der Waals surface area contributed by atoms with E-state index in [1.165, 1.54) is 6.42 Å². The molecule has 1 rings (SSSR count). The van der Waals surface area contributed by atoms with Crippen LogP contribution in [0.25, 0.3) is 0 Å². The first kappa shape index (κ1) is 13.5. The average Bonchev–Trinajstić information content (AvgIpc) is 2.10. The van der Waals surface area contributed by atoms with Crippen LogP contribution >= 0.6 is 0 Å². The maximum atomic E-state index is 12.2. The third-order valence-electron chi connectivity index (χ3n) is 3.34. The molecule has 0 aromatic heterocycles. The van der Waals surface area contributed by atoms with Crippen LogP contribution in [0, 0.1) is 5.41 Å². The Morgan fingerprint density at radius 1 is 1.50 bits per heavy atom. The summed E-state index contributed by atoms with van der Waals surface area (Å²) in [7, 11) is 0. The summed E-state index contributed by atoms with van der Waals surface area (Å²) in [5, 5.41) is 9.00. The highest BCUT2D eigenvalue weighted by Crippen LogP contribution is 2.27. The molecule has 1 fully saturated rings. The number of nitrogens with two attached hydrogens (primary N) is 1. The molecule has 1 amide bonds. The van der Waals surface area contributed by atoms with Gasteiger partial charge in [0.1, 0.15) is 0 Å². The first-order valence-corrected chi connectivity index (χ1v) is 6.05. The van der Waals surface area contributed by atoms with E-state index in [2.05, 4.69) is 0 Å². The Balaban J connectivity index is 2.66. The van der Waals surface area contributed by atoms with Crippen LogP contribution in [0.4, 0.5) is 0 Å². The third kappa shape index (κ3) is 2.95. The van der Waals surface area contributed by atoms with Crippen LogP contribution in [-0.4, -0.2) is 41.1 Å². The molecule has 0 heterocycles. The van der Waals surface area contributed by atoms with Crippen LogP contribution in [0.3, 0.4) is 0 Å². The predicted molar refractivity (Wildman–Crippen MR) is 63.9 cm³/mol. The molecule has 1 atom stereocenters. The van der Waals surface area contributed by atoms with Crippen molar-refractivity contribution in [3.63, 3.8) is 0 Å². The summed E-state index contributed by atoms with van der Waals surface area (Å²) in [6.07, 6.45) is 3.26.